The average Bonchev–Trinajstić information content (AvgIpc) is 2.76. The zero-order valence-electron chi connectivity index (χ0n) is 11.1. The molecule has 4 heteroatoms. The smallest absolute Gasteiger partial charge is 0.177 e. The molecule has 19 heavy (non-hydrogen) atoms. The van der Waals surface area contributed by atoms with Crippen LogP contribution in [0.1, 0.15) is 19.3 Å². The van der Waals surface area contributed by atoms with Gasteiger partial charge in [0.2, 0.25) is 0 Å². The van der Waals surface area contributed by atoms with Gasteiger partial charge in [0.05, 0.1) is 5.69 Å². The molecule has 1 saturated carbocycles. The lowest BCUT2D eigenvalue weighted by atomic mass is 9.84. The molecule has 1 aliphatic carbocycles. The van der Waals surface area contributed by atoms with Crippen LogP contribution in [0, 0.1) is 4.77 Å². The van der Waals surface area contributed by atoms with Crippen LogP contribution in [0.15, 0.2) is 36.5 Å². The van der Waals surface area contributed by atoms with E-state index in [0.29, 0.717) is 4.75 Å². The summed E-state index contributed by atoms with van der Waals surface area (Å²) < 4.78 is 3.49. The molecule has 1 aliphatic rings. The Balaban J connectivity index is 1.98. The van der Waals surface area contributed by atoms with Gasteiger partial charge in [0.25, 0.3) is 0 Å². The number of rotatable bonds is 4. The van der Waals surface area contributed by atoms with Crippen LogP contribution in [0.25, 0.3) is 11.3 Å². The first-order chi connectivity index (χ1) is 9.24. The van der Waals surface area contributed by atoms with Gasteiger partial charge in [-0.1, -0.05) is 36.8 Å². The molecule has 1 heterocycles. The largest absolute Gasteiger partial charge is 0.337 e. The van der Waals surface area contributed by atoms with Crippen molar-refractivity contribution < 1.29 is 0 Å². The third-order valence-corrected chi connectivity index (χ3v) is 5.82. The van der Waals surface area contributed by atoms with Crippen molar-refractivity contribution in [1.29, 1.82) is 0 Å². The van der Waals surface area contributed by atoms with E-state index in [2.05, 4.69) is 40.1 Å². The topological polar surface area (TPSA) is 20.7 Å². The van der Waals surface area contributed by atoms with Gasteiger partial charge in [-0.3, -0.25) is 0 Å². The summed E-state index contributed by atoms with van der Waals surface area (Å²) in [5.41, 5.74) is 2.43. The Hall–Kier alpha value is -1.00. The Morgan fingerprint density at radius 1 is 1.32 bits per heavy atom. The van der Waals surface area contributed by atoms with Crippen LogP contribution in [0.5, 0.6) is 0 Å². The number of aromatic amines is 1. The minimum atomic E-state index is 0.393. The monoisotopic (exact) mass is 290 g/mol. The number of imidazole rings is 1. The molecule has 1 fully saturated rings. The number of aromatic nitrogens is 2. The minimum absolute atomic E-state index is 0.393. The Labute approximate surface area is 123 Å². The molecule has 3 rings (SSSR count). The van der Waals surface area contributed by atoms with E-state index < -0.39 is 0 Å². The summed E-state index contributed by atoms with van der Waals surface area (Å²) in [7, 11) is 0. The number of thioether (sulfide) groups is 1. The number of hydrogen-bond donors (Lipinski definition) is 1. The molecule has 2 aromatic rings. The fourth-order valence-electron chi connectivity index (χ4n) is 2.69. The predicted octanol–water partition coefficient (Wildman–Crippen LogP) is 4.50. The first kappa shape index (κ1) is 13.0. The minimum Gasteiger partial charge on any atom is -0.337 e. The number of H-pyrrole nitrogens is 1. The second-order valence-corrected chi connectivity index (χ2v) is 6.83. The summed E-state index contributed by atoms with van der Waals surface area (Å²) in [4.78, 5) is 3.20. The van der Waals surface area contributed by atoms with E-state index in [-0.39, 0.29) is 0 Å². The first-order valence-corrected chi connectivity index (χ1v) is 8.26. The SMILES string of the molecule is CSC1(Cn2c(-c3ccccc3)c[nH]c2=S)CCC1. The molecule has 1 aromatic heterocycles. The Bertz CT molecular complexity index is 603. The molecule has 2 nitrogen and oxygen atoms in total. The van der Waals surface area contributed by atoms with E-state index in [4.69, 9.17) is 12.2 Å². The van der Waals surface area contributed by atoms with Gasteiger partial charge in [-0.15, -0.1) is 0 Å². The highest BCUT2D eigenvalue weighted by molar-refractivity contribution is 8.00. The summed E-state index contributed by atoms with van der Waals surface area (Å²) in [6.07, 6.45) is 8.20. The fraction of sp³-hybridized carbons (Fsp3) is 0.400. The van der Waals surface area contributed by atoms with Gasteiger partial charge in [0.1, 0.15) is 0 Å². The molecule has 100 valence electrons. The average molecular weight is 290 g/mol. The predicted molar refractivity (Wildman–Crippen MR) is 85.1 cm³/mol. The lowest BCUT2D eigenvalue weighted by Crippen LogP contribution is -2.37. The van der Waals surface area contributed by atoms with E-state index in [1.165, 1.54) is 30.5 Å². The van der Waals surface area contributed by atoms with E-state index in [9.17, 15) is 0 Å². The van der Waals surface area contributed by atoms with Crippen molar-refractivity contribution >= 4 is 24.0 Å². The summed E-state index contributed by atoms with van der Waals surface area (Å²) in [5.74, 6) is 0. The van der Waals surface area contributed by atoms with Crippen molar-refractivity contribution in [2.75, 3.05) is 6.26 Å². The molecule has 0 amide bonds. The van der Waals surface area contributed by atoms with E-state index in [1.54, 1.807) is 0 Å². The molecule has 1 aromatic carbocycles. The lowest BCUT2D eigenvalue weighted by Gasteiger charge is -2.41. The first-order valence-electron chi connectivity index (χ1n) is 6.63. The van der Waals surface area contributed by atoms with E-state index in [1.807, 2.05) is 24.0 Å². The number of nitrogens with one attached hydrogen (secondary N) is 1. The van der Waals surface area contributed by atoms with Crippen molar-refractivity contribution in [2.45, 2.75) is 30.6 Å². The second kappa shape index (κ2) is 5.17. The Kier molecular flexibility index (Phi) is 3.54. The number of hydrogen-bond acceptors (Lipinski definition) is 2. The zero-order valence-corrected chi connectivity index (χ0v) is 12.7. The van der Waals surface area contributed by atoms with Crippen LogP contribution in [-0.4, -0.2) is 20.6 Å². The fourth-order valence-corrected chi connectivity index (χ4v) is 3.86. The highest BCUT2D eigenvalue weighted by Gasteiger charge is 2.37. The maximum Gasteiger partial charge on any atom is 0.177 e. The van der Waals surface area contributed by atoms with E-state index >= 15 is 0 Å². The molecule has 0 unspecified atom stereocenters. The molecule has 0 spiro atoms. The van der Waals surface area contributed by atoms with Crippen LogP contribution in [0.2, 0.25) is 0 Å². The highest BCUT2D eigenvalue weighted by Crippen LogP contribution is 2.44. The van der Waals surface area contributed by atoms with E-state index in [0.717, 1.165) is 11.3 Å². The maximum atomic E-state index is 5.46. The van der Waals surface area contributed by atoms with Crippen LogP contribution in [-0.2, 0) is 6.54 Å². The Morgan fingerprint density at radius 2 is 2.05 bits per heavy atom. The molecule has 0 radical (unpaired) electrons. The van der Waals surface area contributed by atoms with Crippen molar-refractivity contribution in [2.24, 2.45) is 0 Å². The number of nitrogens with zero attached hydrogens (tertiary/aromatic N) is 1. The standard InChI is InChI=1S/C15H18N2S2/c1-19-15(8-5-9-15)11-17-13(10-16-14(17)18)12-6-3-2-4-7-12/h2-4,6-7,10H,5,8-9,11H2,1H3,(H,16,18). The quantitative estimate of drug-likeness (QED) is 0.837. The second-order valence-electron chi connectivity index (χ2n) is 5.17. The van der Waals surface area contributed by atoms with Gasteiger partial charge in [-0.05, 0) is 36.9 Å². The van der Waals surface area contributed by atoms with Gasteiger partial charge in [0, 0.05) is 17.5 Å². The molecular weight excluding hydrogens is 272 g/mol. The van der Waals surface area contributed by atoms with Crippen LogP contribution < -0.4 is 0 Å². The summed E-state index contributed by atoms with van der Waals surface area (Å²) in [6.45, 7) is 1.01. The van der Waals surface area contributed by atoms with Gasteiger partial charge in [-0.2, -0.15) is 11.8 Å². The zero-order chi connectivity index (χ0) is 13.3. The van der Waals surface area contributed by atoms with Crippen LogP contribution >= 0.6 is 24.0 Å². The maximum absolute atomic E-state index is 5.46. The van der Waals surface area contributed by atoms with Gasteiger partial charge in [-0.25, -0.2) is 0 Å². The molecule has 0 aliphatic heterocycles. The van der Waals surface area contributed by atoms with Crippen molar-refractivity contribution in [3.63, 3.8) is 0 Å². The van der Waals surface area contributed by atoms with Crippen molar-refractivity contribution in [1.82, 2.24) is 9.55 Å². The molecule has 0 atom stereocenters. The normalized spacial score (nSPS) is 17.1. The van der Waals surface area contributed by atoms with Crippen molar-refractivity contribution in [3.05, 3.63) is 41.3 Å². The van der Waals surface area contributed by atoms with Gasteiger partial charge >= 0.3 is 0 Å². The van der Waals surface area contributed by atoms with Gasteiger partial charge < -0.3 is 9.55 Å². The van der Waals surface area contributed by atoms with Crippen LogP contribution in [0.3, 0.4) is 0 Å². The summed E-state index contributed by atoms with van der Waals surface area (Å²) in [6, 6.07) is 10.5. The third-order valence-electron chi connectivity index (χ3n) is 4.08. The van der Waals surface area contributed by atoms with Crippen molar-refractivity contribution in [3.8, 4) is 11.3 Å². The lowest BCUT2D eigenvalue weighted by molar-refractivity contribution is 0.321. The summed E-state index contributed by atoms with van der Waals surface area (Å²) in [5, 5.41) is 0. The molecule has 0 bridgehead atoms. The summed E-state index contributed by atoms with van der Waals surface area (Å²) >= 11 is 7.45. The highest BCUT2D eigenvalue weighted by atomic mass is 32.2. The molecule has 0 saturated heterocycles. The molecule has 1 N–H and O–H groups in total. The molecular formula is C15H18N2S2. The van der Waals surface area contributed by atoms with Gasteiger partial charge in [0.15, 0.2) is 4.77 Å². The Morgan fingerprint density at radius 3 is 2.63 bits per heavy atom. The number of benzene rings is 1. The third kappa shape index (κ3) is 2.39. The van der Waals surface area contributed by atoms with Crippen LogP contribution in [0.4, 0.5) is 0 Å².